The lowest BCUT2D eigenvalue weighted by atomic mass is 9.88. The minimum Gasteiger partial charge on any atom is -0.329 e. The van der Waals surface area contributed by atoms with E-state index in [1.807, 2.05) is 31.8 Å². The fourth-order valence-electron chi connectivity index (χ4n) is 2.48. The second kappa shape index (κ2) is 5.68. The van der Waals surface area contributed by atoms with Crippen LogP contribution < -0.4 is 5.32 Å². The Kier molecular flexibility index (Phi) is 3.73. The molecule has 1 aromatic rings. The van der Waals surface area contributed by atoms with Crippen LogP contribution in [0.3, 0.4) is 0 Å². The summed E-state index contributed by atoms with van der Waals surface area (Å²) in [6.45, 7) is 0. The Labute approximate surface area is 123 Å². The van der Waals surface area contributed by atoms with E-state index in [2.05, 4.69) is 5.32 Å². The van der Waals surface area contributed by atoms with Crippen LogP contribution in [0, 0.1) is 41.7 Å². The van der Waals surface area contributed by atoms with E-state index < -0.39 is 4.92 Å². The molecule has 0 spiro atoms. The molecule has 5 radical (unpaired) electrons. The van der Waals surface area contributed by atoms with E-state index in [0.717, 1.165) is 17.2 Å². The number of hydrogen-bond donors (Lipinski definition) is 1. The molecule has 1 N–H and O–H groups in total. The van der Waals surface area contributed by atoms with Crippen LogP contribution in [0.15, 0.2) is 36.0 Å². The highest BCUT2D eigenvalue weighted by atomic mass is 16.6. The third-order valence-corrected chi connectivity index (χ3v) is 3.55. The second-order valence-electron chi connectivity index (χ2n) is 4.96. The summed E-state index contributed by atoms with van der Waals surface area (Å²) in [5.41, 5.74) is 1.75. The summed E-state index contributed by atoms with van der Waals surface area (Å²) < 4.78 is 0. The van der Waals surface area contributed by atoms with Gasteiger partial charge in [0.2, 0.25) is 5.91 Å². The molecule has 0 saturated heterocycles. The first-order valence-corrected chi connectivity index (χ1v) is 6.61. The van der Waals surface area contributed by atoms with Crippen molar-refractivity contribution in [3.05, 3.63) is 83.3 Å². The van der Waals surface area contributed by atoms with Crippen LogP contribution in [0.5, 0.6) is 0 Å². The van der Waals surface area contributed by atoms with Crippen molar-refractivity contribution in [1.29, 1.82) is 0 Å². The molecule has 1 fully saturated rings. The Hall–Kier alpha value is -2.17. The van der Waals surface area contributed by atoms with E-state index >= 15 is 0 Å². The van der Waals surface area contributed by atoms with Gasteiger partial charge in [-0.2, -0.15) is 0 Å². The molecule has 1 atom stereocenters. The van der Waals surface area contributed by atoms with Gasteiger partial charge in [0.15, 0.2) is 0 Å². The number of nitrogens with zero attached hydrogens (tertiary/aromatic N) is 1. The van der Waals surface area contributed by atoms with E-state index in [-0.39, 0.29) is 17.5 Å². The number of nitro groups is 1. The van der Waals surface area contributed by atoms with Gasteiger partial charge in [0.05, 0.1) is 4.92 Å². The van der Waals surface area contributed by atoms with Crippen molar-refractivity contribution in [3.63, 3.8) is 0 Å². The van der Waals surface area contributed by atoms with Gasteiger partial charge >= 0.3 is 0 Å². The molecule has 3 rings (SSSR count). The Morgan fingerprint density at radius 3 is 2.43 bits per heavy atom. The smallest absolute Gasteiger partial charge is 0.269 e. The zero-order chi connectivity index (χ0) is 14.8. The first kappa shape index (κ1) is 13.8. The van der Waals surface area contributed by atoms with Gasteiger partial charge < -0.3 is 5.32 Å². The topological polar surface area (TPSA) is 72.2 Å². The third kappa shape index (κ3) is 2.96. The largest absolute Gasteiger partial charge is 0.329 e. The number of carbonyl (C=O) groups excluding carboxylic acids is 1. The summed E-state index contributed by atoms with van der Waals surface area (Å²) in [7, 11) is 0. The molecule has 1 aromatic carbocycles. The normalized spacial score (nSPS) is 22.8. The summed E-state index contributed by atoms with van der Waals surface area (Å²) in [5.74, 6) is 0.858. The van der Waals surface area contributed by atoms with Crippen LogP contribution in [-0.2, 0) is 4.79 Å². The highest BCUT2D eigenvalue weighted by Gasteiger charge is 2.28. The summed E-state index contributed by atoms with van der Waals surface area (Å²) >= 11 is 0. The van der Waals surface area contributed by atoms with E-state index in [0.29, 0.717) is 6.42 Å². The second-order valence-corrected chi connectivity index (χ2v) is 4.96. The summed E-state index contributed by atoms with van der Waals surface area (Å²) in [6, 6.07) is 6.36. The zero-order valence-corrected chi connectivity index (χ0v) is 11.2. The highest BCUT2D eigenvalue weighted by Crippen LogP contribution is 2.34. The summed E-state index contributed by atoms with van der Waals surface area (Å²) in [4.78, 5) is 22.1. The van der Waals surface area contributed by atoms with Gasteiger partial charge in [-0.1, -0.05) is 18.2 Å². The highest BCUT2D eigenvalue weighted by molar-refractivity contribution is 5.82. The number of benzene rings is 1. The maximum absolute atomic E-state index is 11.9. The van der Waals surface area contributed by atoms with Gasteiger partial charge in [-0.25, -0.2) is 0 Å². The van der Waals surface area contributed by atoms with Crippen molar-refractivity contribution in [1.82, 2.24) is 5.32 Å². The number of hydrogen-bond acceptors (Lipinski definition) is 3. The van der Waals surface area contributed by atoms with Crippen LogP contribution in [-0.4, -0.2) is 10.8 Å². The van der Waals surface area contributed by atoms with Crippen molar-refractivity contribution < 1.29 is 9.72 Å². The number of amides is 1. The number of rotatable bonds is 3. The molecule has 1 aliphatic carbocycles. The lowest BCUT2D eigenvalue weighted by Crippen LogP contribution is -2.31. The predicted molar refractivity (Wildman–Crippen MR) is 77.1 cm³/mol. The van der Waals surface area contributed by atoms with Crippen molar-refractivity contribution in [3.8, 4) is 0 Å². The van der Waals surface area contributed by atoms with Gasteiger partial charge in [-0.15, -0.1) is 0 Å². The third-order valence-electron chi connectivity index (χ3n) is 3.55. The number of nitrogens with one attached hydrogen (secondary N) is 1. The van der Waals surface area contributed by atoms with E-state index in [1.165, 1.54) is 12.1 Å². The Bertz CT molecular complexity index is 586. The van der Waals surface area contributed by atoms with Gasteiger partial charge in [0, 0.05) is 36.1 Å². The van der Waals surface area contributed by atoms with E-state index in [1.54, 1.807) is 12.1 Å². The molecule has 5 heteroatoms. The molecule has 21 heavy (non-hydrogen) atoms. The van der Waals surface area contributed by atoms with Gasteiger partial charge in [0.1, 0.15) is 0 Å². The Morgan fingerprint density at radius 1 is 1.14 bits per heavy atom. The minimum absolute atomic E-state index is 0.0444. The Morgan fingerprint density at radius 2 is 1.81 bits per heavy atom. The van der Waals surface area contributed by atoms with E-state index in [4.69, 9.17) is 0 Å². The first-order chi connectivity index (χ1) is 10.1. The van der Waals surface area contributed by atoms with E-state index in [9.17, 15) is 14.9 Å². The van der Waals surface area contributed by atoms with Crippen molar-refractivity contribution in [2.24, 2.45) is 0 Å². The molecule has 1 amide bonds. The summed E-state index contributed by atoms with van der Waals surface area (Å²) in [5, 5.41) is 13.5. The molecule has 1 aliphatic heterocycles. The van der Waals surface area contributed by atoms with Crippen LogP contribution >= 0.6 is 0 Å². The lowest BCUT2D eigenvalue weighted by molar-refractivity contribution is -0.384. The lowest BCUT2D eigenvalue weighted by Gasteiger charge is -2.24. The average molecular weight is 281 g/mol. The quantitative estimate of drug-likeness (QED) is 0.683. The monoisotopic (exact) mass is 281 g/mol. The molecule has 1 heterocycles. The van der Waals surface area contributed by atoms with Crippen LogP contribution in [0.4, 0.5) is 5.69 Å². The molecular weight excluding hydrogens is 268 g/mol. The number of carbonyl (C=O) groups is 1. The number of non-ortho nitro benzene ring substituents is 1. The van der Waals surface area contributed by atoms with Crippen molar-refractivity contribution in [2.75, 3.05) is 0 Å². The van der Waals surface area contributed by atoms with Gasteiger partial charge in [0.25, 0.3) is 5.69 Å². The van der Waals surface area contributed by atoms with Crippen LogP contribution in [0.25, 0.3) is 0 Å². The maximum atomic E-state index is 11.9. The molecule has 2 aliphatic rings. The minimum atomic E-state index is -0.428. The molecule has 1 unspecified atom stereocenters. The van der Waals surface area contributed by atoms with Crippen LogP contribution in [0.1, 0.15) is 17.9 Å². The molecule has 1 saturated carbocycles. The maximum Gasteiger partial charge on any atom is 0.269 e. The number of nitro benzene ring substituents is 1. The standard InChI is InChI=1S/C16H13N2O3/c19-16-10-13(9-15(17-16)12-3-1-2-4-12)11-5-7-14(8-6-11)18(20)21/h1-9,13H,10H2,(H,17,19). The first-order valence-electron chi connectivity index (χ1n) is 6.61. The SMILES string of the molecule is O=C1CC(c2ccc([N+](=O)[O-])cc2)C=C([C]2[CH][CH][CH][CH]2)N1. The average Bonchev–Trinajstić information content (AvgIpc) is 3.01. The predicted octanol–water partition coefficient (Wildman–Crippen LogP) is 2.49. The molecule has 105 valence electrons. The summed E-state index contributed by atoms with van der Waals surface area (Å²) in [6.07, 6.45) is 10.0. The van der Waals surface area contributed by atoms with Gasteiger partial charge in [-0.3, -0.25) is 14.9 Å². The fraction of sp³-hybridized carbons (Fsp3) is 0.125. The molecule has 0 bridgehead atoms. The van der Waals surface area contributed by atoms with Crippen molar-refractivity contribution >= 4 is 11.6 Å². The molecular formula is C16H13N2O3. The number of allylic oxidation sites excluding steroid dienone is 2. The van der Waals surface area contributed by atoms with Crippen molar-refractivity contribution in [2.45, 2.75) is 12.3 Å². The van der Waals surface area contributed by atoms with Crippen LogP contribution in [0.2, 0.25) is 0 Å². The molecule has 5 nitrogen and oxygen atoms in total. The van der Waals surface area contributed by atoms with Gasteiger partial charge in [-0.05, 0) is 31.2 Å². The Balaban J connectivity index is 1.84. The molecule has 0 aromatic heterocycles. The zero-order valence-electron chi connectivity index (χ0n) is 11.2. The fourth-order valence-corrected chi connectivity index (χ4v) is 2.48.